The first-order valence-corrected chi connectivity index (χ1v) is 7.92. The van der Waals surface area contributed by atoms with Crippen LogP contribution in [0.3, 0.4) is 0 Å². The van der Waals surface area contributed by atoms with Gasteiger partial charge < -0.3 is 4.42 Å². The summed E-state index contributed by atoms with van der Waals surface area (Å²) in [7, 11) is 2.03. The van der Waals surface area contributed by atoms with Crippen LogP contribution in [0.5, 0.6) is 0 Å². The number of nitrogens with zero attached hydrogens (tertiary/aromatic N) is 2. The molecule has 0 N–H and O–H groups in total. The smallest absolute Gasteiger partial charge is 0.213 e. The van der Waals surface area contributed by atoms with Gasteiger partial charge in [-0.2, -0.15) is 5.26 Å². The number of hydrogen-bond donors (Lipinski definition) is 0. The van der Waals surface area contributed by atoms with Crippen molar-refractivity contribution in [3.8, 4) is 17.3 Å². The average Bonchev–Trinajstić information content (AvgIpc) is 2.97. The molecule has 24 heavy (non-hydrogen) atoms. The Labute approximate surface area is 140 Å². The van der Waals surface area contributed by atoms with Gasteiger partial charge in [-0.25, -0.2) is 4.57 Å². The summed E-state index contributed by atoms with van der Waals surface area (Å²) in [6, 6.07) is 16.4. The molecule has 0 aliphatic carbocycles. The Bertz CT molecular complexity index is 1150. The predicted octanol–water partition coefficient (Wildman–Crippen LogP) is 4.57. The lowest BCUT2D eigenvalue weighted by Gasteiger charge is -2.06. The molecule has 4 aromatic rings. The van der Waals surface area contributed by atoms with Gasteiger partial charge >= 0.3 is 0 Å². The van der Waals surface area contributed by atoms with E-state index >= 15 is 0 Å². The molecule has 2 aromatic carbocycles. The molecule has 0 aliphatic heterocycles. The maximum Gasteiger partial charge on any atom is 0.213 e. The maximum atomic E-state index is 9.59. The van der Waals surface area contributed by atoms with Crippen molar-refractivity contribution in [2.45, 2.75) is 13.8 Å². The normalized spacial score (nSPS) is 11.1. The molecule has 0 saturated heterocycles. The van der Waals surface area contributed by atoms with Crippen LogP contribution in [0.25, 0.3) is 33.2 Å². The number of aryl methyl sites for hydroxylation is 3. The lowest BCUT2D eigenvalue weighted by atomic mass is 9.95. The second-order valence-electron chi connectivity index (χ2n) is 6.18. The molecular formula is C21H17N2O+. The van der Waals surface area contributed by atoms with Crippen molar-refractivity contribution in [1.29, 1.82) is 5.26 Å². The fraction of sp³-hybridized carbons (Fsp3) is 0.143. The van der Waals surface area contributed by atoms with Crippen molar-refractivity contribution in [2.75, 3.05) is 0 Å². The number of aromatic nitrogens is 1. The summed E-state index contributed by atoms with van der Waals surface area (Å²) in [4.78, 5) is 0. The zero-order valence-electron chi connectivity index (χ0n) is 13.9. The minimum atomic E-state index is 0.653. The number of hydrogen-bond acceptors (Lipinski definition) is 2. The van der Waals surface area contributed by atoms with Crippen molar-refractivity contribution in [3.05, 3.63) is 65.4 Å². The van der Waals surface area contributed by atoms with Crippen LogP contribution >= 0.6 is 0 Å². The lowest BCUT2D eigenvalue weighted by Crippen LogP contribution is -2.30. The van der Waals surface area contributed by atoms with E-state index in [4.69, 9.17) is 4.42 Å². The van der Waals surface area contributed by atoms with Crippen molar-refractivity contribution in [2.24, 2.45) is 7.05 Å². The molecule has 116 valence electrons. The van der Waals surface area contributed by atoms with E-state index in [1.54, 1.807) is 0 Å². The summed E-state index contributed by atoms with van der Waals surface area (Å²) >= 11 is 0. The van der Waals surface area contributed by atoms with E-state index in [9.17, 15) is 5.26 Å². The van der Waals surface area contributed by atoms with E-state index in [1.807, 2.05) is 50.5 Å². The molecule has 0 radical (unpaired) electrons. The van der Waals surface area contributed by atoms with E-state index in [0.717, 1.165) is 44.3 Å². The highest BCUT2D eigenvalue weighted by molar-refractivity contribution is 6.15. The molecule has 3 heteroatoms. The van der Waals surface area contributed by atoms with Gasteiger partial charge in [0.25, 0.3) is 0 Å². The molecular weight excluding hydrogens is 296 g/mol. The molecule has 0 bridgehead atoms. The van der Waals surface area contributed by atoms with Gasteiger partial charge in [0.1, 0.15) is 18.2 Å². The second kappa shape index (κ2) is 5.21. The van der Waals surface area contributed by atoms with Crippen LogP contribution in [-0.2, 0) is 7.05 Å². The van der Waals surface area contributed by atoms with Crippen molar-refractivity contribution in [3.63, 3.8) is 0 Å². The molecule has 0 unspecified atom stereocenters. The van der Waals surface area contributed by atoms with Crippen LogP contribution in [0.4, 0.5) is 0 Å². The number of pyridine rings is 1. The van der Waals surface area contributed by atoms with Crippen LogP contribution in [0, 0.1) is 25.2 Å². The SMILES string of the molecule is Cc1ccc2oc3c(C)ccc(C#N)c3c2c1-c1cccc[n+]1C. The first kappa shape index (κ1) is 14.5. The van der Waals surface area contributed by atoms with Gasteiger partial charge in [-0.15, -0.1) is 0 Å². The fourth-order valence-electron chi connectivity index (χ4n) is 3.40. The van der Waals surface area contributed by atoms with Crippen LogP contribution in [0.1, 0.15) is 16.7 Å². The van der Waals surface area contributed by atoms with Gasteiger partial charge in [0, 0.05) is 22.9 Å². The first-order valence-electron chi connectivity index (χ1n) is 7.92. The molecule has 2 aromatic heterocycles. The largest absolute Gasteiger partial charge is 0.456 e. The highest BCUT2D eigenvalue weighted by atomic mass is 16.3. The van der Waals surface area contributed by atoms with Gasteiger partial charge in [-0.1, -0.05) is 12.1 Å². The maximum absolute atomic E-state index is 9.59. The minimum Gasteiger partial charge on any atom is -0.456 e. The predicted molar refractivity (Wildman–Crippen MR) is 94.5 cm³/mol. The quantitative estimate of drug-likeness (QED) is 0.483. The molecule has 0 spiro atoms. The third kappa shape index (κ3) is 1.93. The summed E-state index contributed by atoms with van der Waals surface area (Å²) in [6.45, 7) is 4.11. The summed E-state index contributed by atoms with van der Waals surface area (Å²) < 4.78 is 8.22. The number of benzene rings is 2. The Morgan fingerprint density at radius 2 is 1.75 bits per heavy atom. The van der Waals surface area contributed by atoms with Crippen LogP contribution in [0.2, 0.25) is 0 Å². The van der Waals surface area contributed by atoms with Crippen molar-refractivity contribution in [1.82, 2.24) is 0 Å². The summed E-state index contributed by atoms with van der Waals surface area (Å²) in [5.74, 6) is 0. The molecule has 0 atom stereocenters. The molecule has 2 heterocycles. The van der Waals surface area contributed by atoms with E-state index in [-0.39, 0.29) is 0 Å². The first-order chi connectivity index (χ1) is 11.6. The summed E-state index contributed by atoms with van der Waals surface area (Å²) in [6.07, 6.45) is 2.03. The molecule has 0 amide bonds. The van der Waals surface area contributed by atoms with Crippen molar-refractivity contribution < 1.29 is 8.98 Å². The second-order valence-corrected chi connectivity index (χ2v) is 6.18. The Hall–Kier alpha value is -3.12. The van der Waals surface area contributed by atoms with Gasteiger partial charge in [0.05, 0.1) is 17.2 Å². The third-order valence-corrected chi connectivity index (χ3v) is 4.62. The van der Waals surface area contributed by atoms with Crippen molar-refractivity contribution >= 4 is 21.9 Å². The molecule has 0 aliphatic rings. The van der Waals surface area contributed by atoms with E-state index in [2.05, 4.69) is 29.7 Å². The van der Waals surface area contributed by atoms with E-state index in [0.29, 0.717) is 5.56 Å². The van der Waals surface area contributed by atoms with Crippen LogP contribution in [-0.4, -0.2) is 0 Å². The highest BCUT2D eigenvalue weighted by Crippen LogP contribution is 2.40. The monoisotopic (exact) mass is 313 g/mol. The Balaban J connectivity index is 2.28. The van der Waals surface area contributed by atoms with E-state index < -0.39 is 0 Å². The zero-order chi connectivity index (χ0) is 16.8. The molecule has 4 rings (SSSR count). The Morgan fingerprint density at radius 1 is 0.958 bits per heavy atom. The topological polar surface area (TPSA) is 40.8 Å². The molecule has 0 fully saturated rings. The minimum absolute atomic E-state index is 0.653. The number of rotatable bonds is 1. The third-order valence-electron chi connectivity index (χ3n) is 4.62. The zero-order valence-corrected chi connectivity index (χ0v) is 13.9. The highest BCUT2D eigenvalue weighted by Gasteiger charge is 2.22. The Kier molecular flexibility index (Phi) is 3.14. The number of fused-ring (bicyclic) bond motifs is 3. The van der Waals surface area contributed by atoms with Gasteiger partial charge in [0.15, 0.2) is 6.20 Å². The fourth-order valence-corrected chi connectivity index (χ4v) is 3.40. The van der Waals surface area contributed by atoms with Crippen LogP contribution in [0.15, 0.2) is 53.1 Å². The lowest BCUT2D eigenvalue weighted by molar-refractivity contribution is -0.660. The Morgan fingerprint density at radius 3 is 2.50 bits per heavy atom. The molecule has 3 nitrogen and oxygen atoms in total. The van der Waals surface area contributed by atoms with Crippen LogP contribution < -0.4 is 4.57 Å². The number of furan rings is 1. The van der Waals surface area contributed by atoms with Gasteiger partial charge in [0.2, 0.25) is 5.69 Å². The van der Waals surface area contributed by atoms with E-state index in [1.165, 1.54) is 0 Å². The summed E-state index contributed by atoms with van der Waals surface area (Å²) in [5.41, 5.74) is 6.71. The van der Waals surface area contributed by atoms with Gasteiger partial charge in [-0.05, 0) is 43.2 Å². The number of nitriles is 1. The van der Waals surface area contributed by atoms with Gasteiger partial charge in [-0.3, -0.25) is 0 Å². The standard InChI is InChI=1S/C21H17N2O/c1-13-8-10-17-20(18(13)16-6-4-5-11-23(16)3)19-15(12-22)9-7-14(2)21(19)24-17/h4-11H,1-3H3/q+1. The summed E-state index contributed by atoms with van der Waals surface area (Å²) in [5, 5.41) is 11.5. The average molecular weight is 313 g/mol. The molecule has 0 saturated carbocycles.